The molecule has 1 amide bonds. The highest BCUT2D eigenvalue weighted by molar-refractivity contribution is 7.20. The maximum absolute atomic E-state index is 14.1. The number of aryl methyl sites for hydroxylation is 1. The van der Waals surface area contributed by atoms with Gasteiger partial charge >= 0.3 is 5.56 Å². The lowest BCUT2D eigenvalue weighted by molar-refractivity contribution is -0.122. The van der Waals surface area contributed by atoms with Gasteiger partial charge in [-0.2, -0.15) is 8.91 Å². The quantitative estimate of drug-likeness (QED) is 0.666. The van der Waals surface area contributed by atoms with Crippen LogP contribution in [0.1, 0.15) is 31.0 Å². The van der Waals surface area contributed by atoms with Crippen LogP contribution in [0.2, 0.25) is 5.02 Å². The van der Waals surface area contributed by atoms with Gasteiger partial charge in [-0.1, -0.05) is 42.0 Å². The molecule has 1 unspecified atom stereocenters. The Hall–Kier alpha value is -2.52. The molecular formula is C19H19ClFN5O2S. The second-order valence-electron chi connectivity index (χ2n) is 6.81. The minimum Gasteiger partial charge on any atom is -0.350 e. The number of anilines is 1. The first-order chi connectivity index (χ1) is 14.0. The topological polar surface area (TPSA) is 79.6 Å². The number of halogens is 2. The number of carbonyl (C=O) groups is 1. The van der Waals surface area contributed by atoms with Gasteiger partial charge in [-0.3, -0.25) is 9.59 Å². The number of carbonyl (C=O) groups excluding carboxylic acids is 1. The Labute approximate surface area is 175 Å². The van der Waals surface area contributed by atoms with Crippen molar-refractivity contribution >= 4 is 38.9 Å². The number of rotatable bonds is 5. The van der Waals surface area contributed by atoms with Crippen molar-refractivity contribution in [3.05, 3.63) is 56.7 Å². The number of aromatic nitrogens is 3. The first kappa shape index (κ1) is 19.8. The van der Waals surface area contributed by atoms with Crippen molar-refractivity contribution in [2.75, 3.05) is 11.4 Å². The molecule has 4 rings (SSSR count). The van der Waals surface area contributed by atoms with E-state index in [2.05, 4.69) is 15.4 Å². The van der Waals surface area contributed by atoms with Gasteiger partial charge in [-0.05, 0) is 37.0 Å². The third-order valence-electron chi connectivity index (χ3n) is 4.91. The molecule has 1 aliphatic heterocycles. The number of hydrogen-bond acceptors (Lipinski definition) is 6. The second-order valence-corrected chi connectivity index (χ2v) is 8.18. The zero-order valence-electron chi connectivity index (χ0n) is 15.7. The average molecular weight is 436 g/mol. The smallest absolute Gasteiger partial charge is 0.311 e. The van der Waals surface area contributed by atoms with E-state index >= 15 is 0 Å². The molecule has 1 N–H and O–H groups in total. The van der Waals surface area contributed by atoms with E-state index in [0.717, 1.165) is 16.5 Å². The second kappa shape index (κ2) is 8.08. The van der Waals surface area contributed by atoms with Crippen LogP contribution in [0.5, 0.6) is 0 Å². The van der Waals surface area contributed by atoms with Gasteiger partial charge in [0.2, 0.25) is 21.8 Å². The van der Waals surface area contributed by atoms with Crippen molar-refractivity contribution in [1.29, 1.82) is 0 Å². The van der Waals surface area contributed by atoms with E-state index < -0.39 is 17.4 Å². The molecule has 2 aromatic heterocycles. The SMILES string of the molecule is CCc1nc2sc(N3CCCC3C(=O)NCc3cccc(Cl)c3)nn2c(=O)c1F. The van der Waals surface area contributed by atoms with Gasteiger partial charge < -0.3 is 10.2 Å². The fourth-order valence-electron chi connectivity index (χ4n) is 3.43. The van der Waals surface area contributed by atoms with Crippen LogP contribution in [0.25, 0.3) is 4.96 Å². The van der Waals surface area contributed by atoms with E-state index in [9.17, 15) is 14.0 Å². The normalized spacial score (nSPS) is 16.5. The van der Waals surface area contributed by atoms with Crippen LogP contribution in [-0.4, -0.2) is 33.1 Å². The zero-order valence-corrected chi connectivity index (χ0v) is 17.3. The molecule has 10 heteroatoms. The molecule has 29 heavy (non-hydrogen) atoms. The first-order valence-electron chi connectivity index (χ1n) is 9.35. The Bertz CT molecular complexity index is 1130. The van der Waals surface area contributed by atoms with Crippen LogP contribution in [-0.2, 0) is 17.8 Å². The molecule has 0 radical (unpaired) electrons. The Morgan fingerprint density at radius 2 is 2.28 bits per heavy atom. The highest BCUT2D eigenvalue weighted by Crippen LogP contribution is 2.29. The minimum atomic E-state index is -0.876. The summed E-state index contributed by atoms with van der Waals surface area (Å²) in [4.78, 5) is 31.4. The van der Waals surface area contributed by atoms with E-state index in [0.29, 0.717) is 41.0 Å². The first-order valence-corrected chi connectivity index (χ1v) is 10.5. The molecule has 1 aliphatic rings. The summed E-state index contributed by atoms with van der Waals surface area (Å²) < 4.78 is 15.1. The van der Waals surface area contributed by atoms with Gasteiger partial charge in [-0.25, -0.2) is 4.98 Å². The number of fused-ring (bicyclic) bond motifs is 1. The molecule has 0 spiro atoms. The molecule has 0 aliphatic carbocycles. The molecule has 1 saturated heterocycles. The number of nitrogens with one attached hydrogen (secondary N) is 1. The Morgan fingerprint density at radius 3 is 3.03 bits per heavy atom. The predicted molar refractivity (Wildman–Crippen MR) is 110 cm³/mol. The van der Waals surface area contributed by atoms with E-state index in [-0.39, 0.29) is 11.6 Å². The van der Waals surface area contributed by atoms with Gasteiger partial charge in [0.15, 0.2) is 0 Å². The van der Waals surface area contributed by atoms with Crippen LogP contribution in [0.15, 0.2) is 29.1 Å². The Kier molecular flexibility index (Phi) is 5.51. The van der Waals surface area contributed by atoms with E-state index in [4.69, 9.17) is 11.6 Å². The number of hydrogen-bond donors (Lipinski definition) is 1. The molecule has 1 aromatic carbocycles. The number of amides is 1. The van der Waals surface area contributed by atoms with E-state index in [1.165, 1.54) is 11.3 Å². The molecule has 0 saturated carbocycles. The van der Waals surface area contributed by atoms with Gasteiger partial charge in [0, 0.05) is 18.1 Å². The van der Waals surface area contributed by atoms with Gasteiger partial charge in [0.05, 0.1) is 5.69 Å². The summed E-state index contributed by atoms with van der Waals surface area (Å²) in [6.45, 7) is 2.74. The molecular weight excluding hydrogens is 417 g/mol. The molecule has 0 bridgehead atoms. The molecule has 1 fully saturated rings. The number of nitrogens with zero attached hydrogens (tertiary/aromatic N) is 4. The summed E-state index contributed by atoms with van der Waals surface area (Å²) >= 11 is 7.17. The summed E-state index contributed by atoms with van der Waals surface area (Å²) in [5.41, 5.74) is 0.228. The maximum Gasteiger partial charge on any atom is 0.311 e. The summed E-state index contributed by atoms with van der Waals surface area (Å²) in [7, 11) is 0. The number of benzene rings is 1. The van der Waals surface area contributed by atoms with Gasteiger partial charge in [0.1, 0.15) is 6.04 Å². The summed E-state index contributed by atoms with van der Waals surface area (Å²) in [6.07, 6.45) is 1.82. The third-order valence-corrected chi connectivity index (χ3v) is 6.09. The van der Waals surface area contributed by atoms with Crippen LogP contribution < -0.4 is 15.8 Å². The molecule has 1 atom stereocenters. The van der Waals surface area contributed by atoms with Crippen LogP contribution in [0.4, 0.5) is 9.52 Å². The third kappa shape index (κ3) is 3.84. The Morgan fingerprint density at radius 1 is 1.45 bits per heavy atom. The fourth-order valence-corrected chi connectivity index (χ4v) is 4.63. The lowest BCUT2D eigenvalue weighted by atomic mass is 10.2. The van der Waals surface area contributed by atoms with Crippen LogP contribution >= 0.6 is 22.9 Å². The lowest BCUT2D eigenvalue weighted by Gasteiger charge is -2.22. The van der Waals surface area contributed by atoms with E-state index in [1.807, 2.05) is 17.0 Å². The maximum atomic E-state index is 14.1. The highest BCUT2D eigenvalue weighted by atomic mass is 35.5. The van der Waals surface area contributed by atoms with Gasteiger partial charge in [0.25, 0.3) is 0 Å². The van der Waals surface area contributed by atoms with Crippen molar-refractivity contribution in [3.63, 3.8) is 0 Å². The molecule has 152 valence electrons. The molecule has 3 aromatic rings. The highest BCUT2D eigenvalue weighted by Gasteiger charge is 2.33. The zero-order chi connectivity index (χ0) is 20.5. The van der Waals surface area contributed by atoms with E-state index in [1.54, 1.807) is 19.1 Å². The standard InChI is InChI=1S/C19H19ClFN5O2S/c1-2-13-15(21)17(28)26-18(23-13)29-19(24-26)25-8-4-7-14(25)16(27)22-10-11-5-3-6-12(20)9-11/h3,5-6,9,14H,2,4,7-8,10H2,1H3,(H,22,27). The van der Waals surface area contributed by atoms with Crippen molar-refractivity contribution < 1.29 is 9.18 Å². The monoisotopic (exact) mass is 435 g/mol. The van der Waals surface area contributed by atoms with Crippen molar-refractivity contribution in [1.82, 2.24) is 19.9 Å². The summed E-state index contributed by atoms with van der Waals surface area (Å²) in [5.74, 6) is -0.999. The molecule has 7 nitrogen and oxygen atoms in total. The van der Waals surface area contributed by atoms with Crippen LogP contribution in [0, 0.1) is 5.82 Å². The summed E-state index contributed by atoms with van der Waals surface area (Å²) in [6, 6.07) is 6.91. The predicted octanol–water partition coefficient (Wildman–Crippen LogP) is 2.79. The van der Waals surface area contributed by atoms with Crippen molar-refractivity contribution in [2.24, 2.45) is 0 Å². The van der Waals surface area contributed by atoms with Crippen molar-refractivity contribution in [3.8, 4) is 0 Å². The van der Waals surface area contributed by atoms with Crippen LogP contribution in [0.3, 0.4) is 0 Å². The minimum absolute atomic E-state index is 0.123. The Balaban J connectivity index is 1.55. The van der Waals surface area contributed by atoms with Gasteiger partial charge in [-0.15, -0.1) is 5.10 Å². The lowest BCUT2D eigenvalue weighted by Crippen LogP contribution is -2.43. The summed E-state index contributed by atoms with van der Waals surface area (Å²) in [5, 5.41) is 8.28. The largest absolute Gasteiger partial charge is 0.350 e. The van der Waals surface area contributed by atoms with Crippen molar-refractivity contribution in [2.45, 2.75) is 38.8 Å². The average Bonchev–Trinajstić information content (AvgIpc) is 3.36. The fraction of sp³-hybridized carbons (Fsp3) is 0.368. The molecule has 3 heterocycles.